The highest BCUT2D eigenvalue weighted by Gasteiger charge is 2.12. The summed E-state index contributed by atoms with van der Waals surface area (Å²) in [5.41, 5.74) is 1.77. The fraction of sp³-hybridized carbons (Fsp3) is 0.357. The summed E-state index contributed by atoms with van der Waals surface area (Å²) in [6, 6.07) is 3.93. The van der Waals surface area contributed by atoms with Gasteiger partial charge in [-0.1, -0.05) is 13.8 Å². The van der Waals surface area contributed by atoms with Crippen molar-refractivity contribution in [3.8, 4) is 11.5 Å². The normalized spacial score (nSPS) is 10.9. The molecule has 0 fully saturated rings. The van der Waals surface area contributed by atoms with Gasteiger partial charge >= 0.3 is 0 Å². The van der Waals surface area contributed by atoms with Gasteiger partial charge in [-0.3, -0.25) is 4.98 Å². The van der Waals surface area contributed by atoms with Crippen molar-refractivity contribution in [1.29, 1.82) is 0 Å². The molecular weight excluding hydrogens is 384 g/mol. The van der Waals surface area contributed by atoms with Gasteiger partial charge in [0.25, 0.3) is 0 Å². The summed E-state index contributed by atoms with van der Waals surface area (Å²) in [4.78, 5) is 13.5. The second kappa shape index (κ2) is 6.63. The topological polar surface area (TPSA) is 50.7 Å². The molecule has 4 nitrogen and oxygen atoms in total. The van der Waals surface area contributed by atoms with Gasteiger partial charge in [-0.05, 0) is 50.3 Å². The van der Waals surface area contributed by atoms with E-state index in [4.69, 9.17) is 0 Å². The number of hydrogen-bond donors (Lipinski definition) is 1. The lowest BCUT2D eigenvalue weighted by atomic mass is 10.1. The Morgan fingerprint density at radius 3 is 2.55 bits per heavy atom. The number of halogens is 2. The van der Waals surface area contributed by atoms with Gasteiger partial charge in [0.05, 0.1) is 0 Å². The van der Waals surface area contributed by atoms with Crippen molar-refractivity contribution in [2.75, 3.05) is 12.4 Å². The summed E-state index contributed by atoms with van der Waals surface area (Å²) in [6.45, 7) is 4.35. The second-order valence-electron chi connectivity index (χ2n) is 4.90. The minimum atomic E-state index is 0.545. The Hall–Kier alpha value is -1.01. The second-order valence-corrected chi connectivity index (χ2v) is 6.67. The van der Waals surface area contributed by atoms with Crippen molar-refractivity contribution in [2.45, 2.75) is 20.3 Å². The van der Waals surface area contributed by atoms with Crippen molar-refractivity contribution >= 4 is 37.7 Å². The summed E-state index contributed by atoms with van der Waals surface area (Å²) in [5, 5.41) is 3.08. The van der Waals surface area contributed by atoms with Crippen molar-refractivity contribution in [3.05, 3.63) is 33.0 Å². The molecule has 20 heavy (non-hydrogen) atoms. The van der Waals surface area contributed by atoms with Crippen molar-refractivity contribution in [3.63, 3.8) is 0 Å². The van der Waals surface area contributed by atoms with Crippen LogP contribution in [-0.2, 0) is 6.42 Å². The zero-order chi connectivity index (χ0) is 14.7. The predicted octanol–water partition coefficient (Wildman–Crippen LogP) is 4.30. The number of nitrogens with zero attached hydrogens (tertiary/aromatic N) is 3. The van der Waals surface area contributed by atoms with Crippen LogP contribution in [0.2, 0.25) is 0 Å². The average molecular weight is 400 g/mol. The Kier molecular flexibility index (Phi) is 5.10. The number of anilines is 1. The van der Waals surface area contributed by atoms with E-state index >= 15 is 0 Å². The van der Waals surface area contributed by atoms with Gasteiger partial charge in [0.15, 0.2) is 5.82 Å². The maximum Gasteiger partial charge on any atom is 0.181 e. The van der Waals surface area contributed by atoms with Gasteiger partial charge in [0.1, 0.15) is 11.5 Å². The van der Waals surface area contributed by atoms with Crippen LogP contribution in [0.1, 0.15) is 19.5 Å². The van der Waals surface area contributed by atoms with E-state index in [2.05, 4.69) is 66.0 Å². The molecule has 0 spiro atoms. The first-order valence-corrected chi connectivity index (χ1v) is 7.95. The van der Waals surface area contributed by atoms with Gasteiger partial charge in [-0.25, -0.2) is 9.97 Å². The fourth-order valence-electron chi connectivity index (χ4n) is 1.83. The smallest absolute Gasteiger partial charge is 0.181 e. The van der Waals surface area contributed by atoms with Crippen molar-refractivity contribution in [1.82, 2.24) is 15.0 Å². The summed E-state index contributed by atoms with van der Waals surface area (Å²) < 4.78 is 1.79. The third-order valence-corrected chi connectivity index (χ3v) is 3.71. The van der Waals surface area contributed by atoms with E-state index in [0.717, 1.165) is 32.6 Å². The Labute approximate surface area is 135 Å². The highest BCUT2D eigenvalue weighted by Crippen LogP contribution is 2.27. The molecule has 0 aliphatic carbocycles. The number of rotatable bonds is 4. The molecule has 0 unspecified atom stereocenters. The van der Waals surface area contributed by atoms with E-state index in [1.807, 2.05) is 19.2 Å². The molecule has 2 aromatic rings. The Morgan fingerprint density at radius 2 is 1.95 bits per heavy atom. The van der Waals surface area contributed by atoms with Crippen LogP contribution in [0.5, 0.6) is 0 Å². The predicted molar refractivity (Wildman–Crippen MR) is 88.8 cm³/mol. The minimum absolute atomic E-state index is 0.545. The maximum absolute atomic E-state index is 4.62. The van der Waals surface area contributed by atoms with Gasteiger partial charge < -0.3 is 5.32 Å². The molecule has 0 saturated heterocycles. The number of hydrogen-bond acceptors (Lipinski definition) is 4. The fourth-order valence-corrected chi connectivity index (χ4v) is 3.00. The number of nitrogens with one attached hydrogen (secondary N) is 1. The van der Waals surface area contributed by atoms with Crippen LogP contribution in [0.4, 0.5) is 5.82 Å². The number of aromatic nitrogens is 3. The van der Waals surface area contributed by atoms with Crippen LogP contribution in [0.3, 0.4) is 0 Å². The minimum Gasteiger partial charge on any atom is -0.373 e. The van der Waals surface area contributed by atoms with E-state index in [1.54, 1.807) is 6.20 Å². The summed E-state index contributed by atoms with van der Waals surface area (Å²) in [6.07, 6.45) is 2.66. The SMILES string of the molecule is CNc1cc(CC(C)C)nc(-c2ncc(Br)cc2Br)n1. The van der Waals surface area contributed by atoms with Crippen LogP contribution < -0.4 is 5.32 Å². The quantitative estimate of drug-likeness (QED) is 0.832. The zero-order valence-corrected chi connectivity index (χ0v) is 14.8. The van der Waals surface area contributed by atoms with Crippen molar-refractivity contribution < 1.29 is 0 Å². The molecule has 0 aliphatic heterocycles. The van der Waals surface area contributed by atoms with Crippen LogP contribution in [0, 0.1) is 5.92 Å². The van der Waals surface area contributed by atoms with Gasteiger partial charge in [0.2, 0.25) is 0 Å². The lowest BCUT2D eigenvalue weighted by molar-refractivity contribution is 0.634. The largest absolute Gasteiger partial charge is 0.373 e. The zero-order valence-electron chi connectivity index (χ0n) is 11.6. The van der Waals surface area contributed by atoms with Gasteiger partial charge in [-0.15, -0.1) is 0 Å². The standard InChI is InChI=1S/C14H16Br2N4/c1-8(2)4-10-6-12(17-3)20-14(19-10)13-11(16)5-9(15)7-18-13/h5-8H,4H2,1-3H3,(H,17,19,20). The maximum atomic E-state index is 4.62. The summed E-state index contributed by atoms with van der Waals surface area (Å²) >= 11 is 6.91. The van der Waals surface area contributed by atoms with E-state index in [0.29, 0.717) is 11.7 Å². The highest BCUT2D eigenvalue weighted by molar-refractivity contribution is 9.11. The Morgan fingerprint density at radius 1 is 1.20 bits per heavy atom. The summed E-state index contributed by atoms with van der Waals surface area (Å²) in [7, 11) is 1.86. The van der Waals surface area contributed by atoms with Gasteiger partial charge in [-0.2, -0.15) is 0 Å². The van der Waals surface area contributed by atoms with E-state index in [1.165, 1.54) is 0 Å². The first-order valence-electron chi connectivity index (χ1n) is 6.36. The van der Waals surface area contributed by atoms with Crippen LogP contribution in [0.25, 0.3) is 11.5 Å². The molecule has 0 atom stereocenters. The lowest BCUT2D eigenvalue weighted by Gasteiger charge is -2.10. The molecule has 6 heteroatoms. The highest BCUT2D eigenvalue weighted by atomic mass is 79.9. The molecule has 0 saturated carbocycles. The average Bonchev–Trinajstić information content (AvgIpc) is 2.37. The Bertz CT molecular complexity index is 614. The molecule has 2 heterocycles. The van der Waals surface area contributed by atoms with Crippen LogP contribution in [-0.4, -0.2) is 22.0 Å². The van der Waals surface area contributed by atoms with Crippen molar-refractivity contribution in [2.24, 2.45) is 5.92 Å². The number of pyridine rings is 1. The molecule has 0 aromatic carbocycles. The molecule has 1 N–H and O–H groups in total. The molecule has 2 aromatic heterocycles. The van der Waals surface area contributed by atoms with E-state index in [9.17, 15) is 0 Å². The molecule has 0 bridgehead atoms. The first kappa shape index (κ1) is 15.4. The molecule has 2 rings (SSSR count). The van der Waals surface area contributed by atoms with E-state index < -0.39 is 0 Å². The summed E-state index contributed by atoms with van der Waals surface area (Å²) in [5.74, 6) is 1.98. The van der Waals surface area contributed by atoms with E-state index in [-0.39, 0.29) is 0 Å². The van der Waals surface area contributed by atoms with Crippen LogP contribution >= 0.6 is 31.9 Å². The third-order valence-electron chi connectivity index (χ3n) is 2.67. The van der Waals surface area contributed by atoms with Crippen LogP contribution in [0.15, 0.2) is 27.3 Å². The molecule has 106 valence electrons. The first-order chi connectivity index (χ1) is 9.49. The lowest BCUT2D eigenvalue weighted by Crippen LogP contribution is -2.04. The molecule has 0 aliphatic rings. The Balaban J connectivity index is 2.49. The van der Waals surface area contributed by atoms with Gasteiger partial charge in [0, 0.05) is 34.0 Å². The molecular formula is C14H16Br2N4. The molecule has 0 radical (unpaired) electrons. The monoisotopic (exact) mass is 398 g/mol. The molecule has 0 amide bonds. The third kappa shape index (κ3) is 3.76.